The van der Waals surface area contributed by atoms with Gasteiger partial charge in [-0.1, -0.05) is 55.1 Å². The highest BCUT2D eigenvalue weighted by atomic mass is 15.2. The molecule has 19 heavy (non-hydrogen) atoms. The van der Waals surface area contributed by atoms with Crippen molar-refractivity contribution in [3.63, 3.8) is 0 Å². The molecule has 2 aliphatic heterocycles. The summed E-state index contributed by atoms with van der Waals surface area (Å²) >= 11 is 0. The first-order chi connectivity index (χ1) is 9.34. The Kier molecular flexibility index (Phi) is 2.28. The topological polar surface area (TPSA) is 3.24 Å². The second-order valence-electron chi connectivity index (χ2n) is 5.56. The number of nitrogens with zero attached hydrogens (tertiary/aromatic N) is 1. The van der Waals surface area contributed by atoms with Gasteiger partial charge in [0, 0.05) is 11.4 Å². The van der Waals surface area contributed by atoms with Crippen LogP contribution in [0.5, 0.6) is 0 Å². The highest BCUT2D eigenvalue weighted by Gasteiger charge is 2.41. The molecule has 0 N–H and O–H groups in total. The van der Waals surface area contributed by atoms with Crippen LogP contribution in [0.1, 0.15) is 35.9 Å². The summed E-state index contributed by atoms with van der Waals surface area (Å²) in [7, 11) is 0. The van der Waals surface area contributed by atoms with Crippen molar-refractivity contribution in [1.29, 1.82) is 0 Å². The Balaban J connectivity index is 1.68. The summed E-state index contributed by atoms with van der Waals surface area (Å²) < 4.78 is 0. The van der Waals surface area contributed by atoms with Gasteiger partial charge in [-0.05, 0) is 36.0 Å². The minimum absolute atomic E-state index is 0.544. The lowest BCUT2D eigenvalue weighted by atomic mass is 9.76. The molecule has 2 heterocycles. The van der Waals surface area contributed by atoms with E-state index in [-0.39, 0.29) is 0 Å². The molecular formula is C18H17N. The summed E-state index contributed by atoms with van der Waals surface area (Å²) in [6.07, 6.45) is 2.29. The molecule has 1 nitrogen and oxygen atoms in total. The van der Waals surface area contributed by atoms with Crippen molar-refractivity contribution in [3.8, 4) is 0 Å². The van der Waals surface area contributed by atoms with Gasteiger partial charge in [0.2, 0.25) is 0 Å². The summed E-state index contributed by atoms with van der Waals surface area (Å²) in [6, 6.07) is 20.1. The smallest absolute Gasteiger partial charge is 0.0614 e. The van der Waals surface area contributed by atoms with Gasteiger partial charge in [-0.15, -0.1) is 0 Å². The van der Waals surface area contributed by atoms with E-state index in [1.165, 1.54) is 28.9 Å². The molecule has 2 aromatic carbocycles. The fraction of sp³-hybridized carbons (Fsp3) is 0.222. The van der Waals surface area contributed by atoms with Crippen LogP contribution in [0.4, 0.5) is 5.69 Å². The zero-order valence-electron chi connectivity index (χ0n) is 10.9. The lowest BCUT2D eigenvalue weighted by Crippen LogP contribution is -2.41. The molecule has 0 radical (unpaired) electrons. The number of anilines is 1. The van der Waals surface area contributed by atoms with Crippen molar-refractivity contribution in [2.24, 2.45) is 0 Å². The van der Waals surface area contributed by atoms with E-state index in [0.717, 1.165) is 6.42 Å². The van der Waals surface area contributed by atoms with Crippen molar-refractivity contribution in [1.82, 2.24) is 0 Å². The second-order valence-corrected chi connectivity index (χ2v) is 5.56. The number of benzene rings is 2. The van der Waals surface area contributed by atoms with Crippen molar-refractivity contribution in [3.05, 3.63) is 78.0 Å². The second kappa shape index (κ2) is 3.99. The third-order valence-electron chi connectivity index (χ3n) is 4.47. The first-order valence-electron chi connectivity index (χ1n) is 6.95. The maximum absolute atomic E-state index is 4.30. The molecule has 1 saturated heterocycles. The molecule has 2 atom stereocenters. The van der Waals surface area contributed by atoms with Gasteiger partial charge in [0.05, 0.1) is 6.04 Å². The monoisotopic (exact) mass is 247 g/mol. The van der Waals surface area contributed by atoms with Crippen LogP contribution in [0.15, 0.2) is 66.9 Å². The molecule has 4 rings (SSSR count). The predicted molar refractivity (Wildman–Crippen MR) is 79.2 cm³/mol. The predicted octanol–water partition coefficient (Wildman–Crippen LogP) is 4.64. The van der Waals surface area contributed by atoms with Gasteiger partial charge < -0.3 is 4.90 Å². The number of allylic oxidation sites excluding steroid dienone is 1. The molecule has 2 aromatic rings. The van der Waals surface area contributed by atoms with E-state index in [2.05, 4.69) is 66.1 Å². The van der Waals surface area contributed by atoms with Gasteiger partial charge in [-0.3, -0.25) is 0 Å². The molecule has 0 saturated carbocycles. The molecule has 0 aliphatic carbocycles. The van der Waals surface area contributed by atoms with Gasteiger partial charge >= 0.3 is 0 Å². The van der Waals surface area contributed by atoms with Crippen LogP contribution in [0.25, 0.3) is 0 Å². The molecule has 0 spiro atoms. The summed E-state index contributed by atoms with van der Waals surface area (Å²) in [5.41, 5.74) is 5.57. The Labute approximate surface area is 114 Å². The lowest BCUT2D eigenvalue weighted by Gasteiger charge is -2.51. The van der Waals surface area contributed by atoms with Crippen LogP contribution in [0.3, 0.4) is 0 Å². The van der Waals surface area contributed by atoms with E-state index < -0.39 is 0 Å². The van der Waals surface area contributed by atoms with Crippen LogP contribution in [0.2, 0.25) is 0 Å². The Bertz CT molecular complexity index is 629. The van der Waals surface area contributed by atoms with Crippen LogP contribution in [-0.4, -0.2) is 0 Å². The molecular weight excluding hydrogens is 230 g/mol. The molecule has 0 aromatic heterocycles. The molecule has 0 amide bonds. The normalized spacial score (nSPS) is 24.4. The van der Waals surface area contributed by atoms with Crippen LogP contribution in [-0.2, 0) is 0 Å². The highest BCUT2D eigenvalue weighted by molar-refractivity contribution is 5.70. The minimum atomic E-state index is 0.544. The number of fused-ring (bicyclic) bond motifs is 4. The van der Waals surface area contributed by atoms with Crippen LogP contribution in [0, 0.1) is 0 Å². The minimum Gasteiger partial charge on any atom is -0.338 e. The fourth-order valence-corrected chi connectivity index (χ4v) is 3.57. The van der Waals surface area contributed by atoms with Gasteiger partial charge in [-0.2, -0.15) is 0 Å². The fourth-order valence-electron chi connectivity index (χ4n) is 3.57. The van der Waals surface area contributed by atoms with Crippen LogP contribution < -0.4 is 4.90 Å². The maximum atomic E-state index is 4.30. The summed E-state index contributed by atoms with van der Waals surface area (Å²) in [6.45, 7) is 4.30. The van der Waals surface area contributed by atoms with E-state index in [4.69, 9.17) is 0 Å². The lowest BCUT2D eigenvalue weighted by molar-refractivity contribution is 0.436. The van der Waals surface area contributed by atoms with Gasteiger partial charge in [-0.25, -0.2) is 0 Å². The van der Waals surface area contributed by atoms with Crippen LogP contribution >= 0.6 is 0 Å². The Morgan fingerprint density at radius 2 is 1.68 bits per heavy atom. The summed E-state index contributed by atoms with van der Waals surface area (Å²) in [5.74, 6) is 0.614. The Hall–Kier alpha value is -2.02. The van der Waals surface area contributed by atoms with E-state index in [1.807, 2.05) is 0 Å². The average molecular weight is 247 g/mol. The van der Waals surface area contributed by atoms with E-state index >= 15 is 0 Å². The Morgan fingerprint density at radius 3 is 2.53 bits per heavy atom. The summed E-state index contributed by atoms with van der Waals surface area (Å²) in [4.78, 5) is 2.43. The zero-order valence-corrected chi connectivity index (χ0v) is 10.9. The standard InChI is InChI=1S/C18H17N/c1-13-11-15(14-7-3-2-4-8-14)12-18-16-9-5-6-10-17(16)19(13)18/h2-10,15,18H,1,11-12H2. The number of hydrogen-bond donors (Lipinski definition) is 0. The molecule has 2 unspecified atom stereocenters. The highest BCUT2D eigenvalue weighted by Crippen LogP contribution is 2.54. The first kappa shape index (κ1) is 10.9. The number of hydrogen-bond acceptors (Lipinski definition) is 1. The SMILES string of the molecule is C=C1CC(c2ccccc2)CC2c3ccccc3N12. The number of piperidine rings is 1. The van der Waals surface area contributed by atoms with Crippen molar-refractivity contribution in [2.45, 2.75) is 24.8 Å². The average Bonchev–Trinajstić information content (AvgIpc) is 2.45. The van der Waals surface area contributed by atoms with Gasteiger partial charge in [0.1, 0.15) is 0 Å². The van der Waals surface area contributed by atoms with Gasteiger partial charge in [0.15, 0.2) is 0 Å². The third-order valence-corrected chi connectivity index (χ3v) is 4.47. The van der Waals surface area contributed by atoms with E-state index in [0.29, 0.717) is 12.0 Å². The van der Waals surface area contributed by atoms with E-state index in [9.17, 15) is 0 Å². The Morgan fingerprint density at radius 1 is 0.947 bits per heavy atom. The quantitative estimate of drug-likeness (QED) is 0.709. The van der Waals surface area contributed by atoms with Crippen molar-refractivity contribution in [2.75, 3.05) is 4.90 Å². The largest absolute Gasteiger partial charge is 0.338 e. The molecule has 2 aliphatic rings. The van der Waals surface area contributed by atoms with Crippen molar-refractivity contribution < 1.29 is 0 Å². The molecule has 94 valence electrons. The third kappa shape index (κ3) is 1.54. The number of para-hydroxylation sites is 1. The van der Waals surface area contributed by atoms with Crippen molar-refractivity contribution >= 4 is 5.69 Å². The zero-order chi connectivity index (χ0) is 12.8. The van der Waals surface area contributed by atoms with E-state index in [1.54, 1.807) is 0 Å². The molecule has 0 bridgehead atoms. The number of rotatable bonds is 1. The molecule has 1 heteroatoms. The summed E-state index contributed by atoms with van der Waals surface area (Å²) in [5, 5.41) is 0. The maximum Gasteiger partial charge on any atom is 0.0614 e. The molecule has 1 fully saturated rings. The van der Waals surface area contributed by atoms with Gasteiger partial charge in [0.25, 0.3) is 0 Å². The first-order valence-corrected chi connectivity index (χ1v) is 6.95.